The van der Waals surface area contributed by atoms with Crippen LogP contribution in [-0.4, -0.2) is 26.2 Å². The second kappa shape index (κ2) is 11.2. The van der Waals surface area contributed by atoms with Crippen LogP contribution in [0, 0.1) is 0 Å². The minimum absolute atomic E-state index is 0. The maximum atomic E-state index is 5.21. The molecule has 20 heavy (non-hydrogen) atoms. The number of rotatable bonds is 6. The minimum Gasteiger partial charge on any atom is -0.496 e. The smallest absolute Gasteiger partial charge is 0.191 e. The van der Waals surface area contributed by atoms with Crippen LogP contribution in [0.3, 0.4) is 0 Å². The summed E-state index contributed by atoms with van der Waals surface area (Å²) in [6, 6.07) is 6.00. The van der Waals surface area contributed by atoms with Crippen LogP contribution in [0.2, 0.25) is 0 Å². The number of nitrogens with zero attached hydrogens (tertiary/aromatic N) is 1. The van der Waals surface area contributed by atoms with Crippen LogP contribution in [0.5, 0.6) is 5.75 Å². The summed E-state index contributed by atoms with van der Waals surface area (Å²) in [5, 5.41) is 6.51. The molecule has 0 heterocycles. The number of methoxy groups -OCH3 is 1. The predicted octanol–water partition coefficient (Wildman–Crippen LogP) is 3.54. The second-order valence-corrected chi connectivity index (χ2v) is 4.95. The molecule has 114 valence electrons. The van der Waals surface area contributed by atoms with E-state index in [2.05, 4.69) is 45.4 Å². The molecule has 0 atom stereocenters. The zero-order valence-corrected chi connectivity index (χ0v) is 16.1. The second-order valence-electron chi connectivity index (χ2n) is 4.09. The molecule has 0 aliphatic rings. The molecule has 4 nitrogen and oxygen atoms in total. The van der Waals surface area contributed by atoms with Gasteiger partial charge in [-0.15, -0.1) is 24.0 Å². The van der Waals surface area contributed by atoms with Gasteiger partial charge in [0.2, 0.25) is 0 Å². The van der Waals surface area contributed by atoms with E-state index in [0.717, 1.165) is 41.3 Å². The number of ether oxygens (including phenoxy) is 1. The maximum absolute atomic E-state index is 5.21. The van der Waals surface area contributed by atoms with Crippen LogP contribution in [0.1, 0.15) is 25.8 Å². The van der Waals surface area contributed by atoms with E-state index >= 15 is 0 Å². The Balaban J connectivity index is 0.00000361. The summed E-state index contributed by atoms with van der Waals surface area (Å²) in [5.74, 6) is 1.69. The van der Waals surface area contributed by atoms with Crippen LogP contribution in [0.25, 0.3) is 0 Å². The van der Waals surface area contributed by atoms with Gasteiger partial charge in [-0.3, -0.25) is 0 Å². The lowest BCUT2D eigenvalue weighted by atomic mass is 10.2. The lowest BCUT2D eigenvalue weighted by Gasteiger charge is -2.10. The number of guanidine groups is 1. The van der Waals surface area contributed by atoms with Crippen molar-refractivity contribution in [3.05, 3.63) is 28.2 Å². The van der Waals surface area contributed by atoms with Gasteiger partial charge in [-0.1, -0.05) is 13.0 Å². The molecular weight excluding hydrogens is 433 g/mol. The molecule has 0 radical (unpaired) electrons. The molecule has 0 bridgehead atoms. The summed E-state index contributed by atoms with van der Waals surface area (Å²) in [7, 11) is 1.66. The fraction of sp³-hybridized carbons (Fsp3) is 0.500. The molecule has 0 amide bonds. The summed E-state index contributed by atoms with van der Waals surface area (Å²) in [4.78, 5) is 4.55. The van der Waals surface area contributed by atoms with Gasteiger partial charge in [0.15, 0.2) is 5.96 Å². The number of halogens is 2. The number of hydrogen-bond donors (Lipinski definition) is 2. The average Bonchev–Trinajstić information content (AvgIpc) is 2.42. The summed E-state index contributed by atoms with van der Waals surface area (Å²) in [6.45, 7) is 6.63. The van der Waals surface area contributed by atoms with Crippen molar-refractivity contribution in [2.24, 2.45) is 4.99 Å². The van der Waals surface area contributed by atoms with Gasteiger partial charge in [0.1, 0.15) is 5.75 Å². The molecule has 2 N–H and O–H groups in total. The van der Waals surface area contributed by atoms with Gasteiger partial charge in [0.05, 0.1) is 18.1 Å². The minimum atomic E-state index is 0. The Morgan fingerprint density at radius 1 is 1.30 bits per heavy atom. The predicted molar refractivity (Wildman–Crippen MR) is 99.2 cm³/mol. The fourth-order valence-corrected chi connectivity index (χ4v) is 2.15. The van der Waals surface area contributed by atoms with Gasteiger partial charge in [0, 0.05) is 13.1 Å². The quantitative estimate of drug-likeness (QED) is 0.391. The third-order valence-corrected chi connectivity index (χ3v) is 3.14. The van der Waals surface area contributed by atoms with Crippen molar-refractivity contribution in [2.45, 2.75) is 26.8 Å². The maximum Gasteiger partial charge on any atom is 0.191 e. The average molecular weight is 456 g/mol. The highest BCUT2D eigenvalue weighted by atomic mass is 127. The first-order valence-electron chi connectivity index (χ1n) is 6.55. The summed E-state index contributed by atoms with van der Waals surface area (Å²) >= 11 is 3.48. The van der Waals surface area contributed by atoms with Crippen molar-refractivity contribution in [1.29, 1.82) is 0 Å². The molecule has 0 fully saturated rings. The lowest BCUT2D eigenvalue weighted by Crippen LogP contribution is -2.37. The van der Waals surface area contributed by atoms with E-state index in [1.807, 2.05) is 18.2 Å². The van der Waals surface area contributed by atoms with Crippen LogP contribution < -0.4 is 15.4 Å². The van der Waals surface area contributed by atoms with Crippen molar-refractivity contribution in [3.63, 3.8) is 0 Å². The molecule has 6 heteroatoms. The van der Waals surface area contributed by atoms with Crippen LogP contribution in [0.4, 0.5) is 0 Å². The van der Waals surface area contributed by atoms with Crippen LogP contribution in [-0.2, 0) is 6.54 Å². The van der Waals surface area contributed by atoms with Crippen molar-refractivity contribution in [2.75, 3.05) is 20.2 Å². The highest BCUT2D eigenvalue weighted by Crippen LogP contribution is 2.25. The van der Waals surface area contributed by atoms with Crippen molar-refractivity contribution < 1.29 is 4.74 Å². The van der Waals surface area contributed by atoms with E-state index in [1.165, 1.54) is 0 Å². The van der Waals surface area contributed by atoms with E-state index in [9.17, 15) is 0 Å². The zero-order chi connectivity index (χ0) is 14.1. The number of benzene rings is 1. The highest BCUT2D eigenvalue weighted by Gasteiger charge is 2.01. The summed E-state index contributed by atoms with van der Waals surface area (Å²) < 4.78 is 6.16. The molecule has 0 aliphatic heterocycles. The van der Waals surface area contributed by atoms with E-state index in [-0.39, 0.29) is 24.0 Å². The van der Waals surface area contributed by atoms with E-state index < -0.39 is 0 Å². The van der Waals surface area contributed by atoms with Crippen LogP contribution >= 0.6 is 39.9 Å². The Morgan fingerprint density at radius 2 is 2.05 bits per heavy atom. The molecular formula is C14H23BrIN3O. The first-order chi connectivity index (χ1) is 9.21. The highest BCUT2D eigenvalue weighted by molar-refractivity contribution is 14.0. The van der Waals surface area contributed by atoms with Gasteiger partial charge in [-0.2, -0.15) is 0 Å². The summed E-state index contributed by atoms with van der Waals surface area (Å²) in [5.41, 5.74) is 1.14. The Hall–Kier alpha value is -0.500. The monoisotopic (exact) mass is 455 g/mol. The Bertz CT molecular complexity index is 427. The fourth-order valence-electron chi connectivity index (χ4n) is 1.56. The van der Waals surface area contributed by atoms with Crippen molar-refractivity contribution in [1.82, 2.24) is 10.6 Å². The van der Waals surface area contributed by atoms with Gasteiger partial charge in [-0.25, -0.2) is 4.99 Å². The van der Waals surface area contributed by atoms with E-state index in [1.54, 1.807) is 7.11 Å². The SMILES string of the molecule is CCCNC(=NCc1ccc(OC)c(Br)c1)NCC.I. The molecule has 0 spiro atoms. The molecule has 0 aromatic heterocycles. The largest absolute Gasteiger partial charge is 0.496 e. The summed E-state index contributed by atoms with van der Waals surface area (Å²) in [6.07, 6.45) is 1.08. The third kappa shape index (κ3) is 6.78. The zero-order valence-electron chi connectivity index (χ0n) is 12.2. The molecule has 0 saturated carbocycles. The topological polar surface area (TPSA) is 45.7 Å². The molecule has 1 aromatic carbocycles. The molecule has 0 unspecified atom stereocenters. The lowest BCUT2D eigenvalue weighted by molar-refractivity contribution is 0.412. The van der Waals surface area contributed by atoms with Gasteiger partial charge >= 0.3 is 0 Å². The Kier molecular flexibility index (Phi) is 10.9. The van der Waals surface area contributed by atoms with Crippen molar-refractivity contribution in [3.8, 4) is 5.75 Å². The number of aliphatic imine (C=N–C) groups is 1. The van der Waals surface area contributed by atoms with Crippen LogP contribution in [0.15, 0.2) is 27.7 Å². The Labute approximate surface area is 146 Å². The third-order valence-electron chi connectivity index (χ3n) is 2.52. The van der Waals surface area contributed by atoms with Gasteiger partial charge in [0.25, 0.3) is 0 Å². The van der Waals surface area contributed by atoms with Crippen molar-refractivity contribution >= 4 is 45.9 Å². The molecule has 1 aromatic rings. The number of nitrogens with one attached hydrogen (secondary N) is 2. The Morgan fingerprint density at radius 3 is 2.60 bits per heavy atom. The molecule has 0 aliphatic carbocycles. The van der Waals surface area contributed by atoms with Gasteiger partial charge in [-0.05, 0) is 47.0 Å². The van der Waals surface area contributed by atoms with E-state index in [4.69, 9.17) is 4.74 Å². The van der Waals surface area contributed by atoms with E-state index in [0.29, 0.717) is 6.54 Å². The molecule has 0 saturated heterocycles. The van der Waals surface area contributed by atoms with Gasteiger partial charge < -0.3 is 15.4 Å². The number of hydrogen-bond acceptors (Lipinski definition) is 2. The first kappa shape index (κ1) is 19.5. The first-order valence-corrected chi connectivity index (χ1v) is 7.35. The molecule has 1 rings (SSSR count). The normalized spacial score (nSPS) is 10.7. The standard InChI is InChI=1S/C14H22BrN3O.HI/c1-4-8-17-14(16-5-2)18-10-11-6-7-13(19-3)12(15)9-11;/h6-7,9H,4-5,8,10H2,1-3H3,(H2,16,17,18);1H.